The number of nitrogen functional groups attached to an aromatic ring is 1. The van der Waals surface area contributed by atoms with Crippen molar-refractivity contribution in [2.75, 3.05) is 5.73 Å². The summed E-state index contributed by atoms with van der Waals surface area (Å²) in [6.07, 6.45) is -12.1. The van der Waals surface area contributed by atoms with Crippen molar-refractivity contribution in [1.29, 1.82) is 0 Å². The number of halogens is 7. The summed E-state index contributed by atoms with van der Waals surface area (Å²) in [6.45, 7) is 0. The highest BCUT2D eigenvalue weighted by molar-refractivity contribution is 5.41. The smallest absolute Gasteiger partial charge is 0.428 e. The molecule has 18 heavy (non-hydrogen) atoms. The van der Waals surface area contributed by atoms with Gasteiger partial charge in [-0.2, -0.15) is 30.7 Å². The van der Waals surface area contributed by atoms with Gasteiger partial charge in [-0.15, -0.1) is 0 Å². The third kappa shape index (κ3) is 2.59. The third-order valence-corrected chi connectivity index (χ3v) is 1.85. The Morgan fingerprint density at radius 1 is 0.833 bits per heavy atom. The van der Waals surface area contributed by atoms with E-state index in [1.807, 2.05) is 0 Å². The van der Waals surface area contributed by atoms with E-state index in [-0.39, 0.29) is 5.69 Å². The predicted octanol–water partition coefficient (Wildman–Crippen LogP) is 3.44. The van der Waals surface area contributed by atoms with E-state index < -0.39 is 24.0 Å². The molecule has 0 saturated carbocycles. The number of hydrogen-bond donors (Lipinski definition) is 1. The molecule has 0 unspecified atom stereocenters. The molecule has 1 aromatic carbocycles. The van der Waals surface area contributed by atoms with Gasteiger partial charge in [0, 0.05) is 5.69 Å². The average Bonchev–Trinajstić information content (AvgIpc) is 2.19. The summed E-state index contributed by atoms with van der Waals surface area (Å²) in [5.41, 5.74) is 5.28. The molecule has 0 aliphatic rings. The molecule has 0 fully saturated rings. The van der Waals surface area contributed by atoms with Crippen molar-refractivity contribution in [3.05, 3.63) is 24.3 Å². The molecule has 0 heterocycles. The molecule has 0 amide bonds. The molecule has 2 N–H and O–H groups in total. The van der Waals surface area contributed by atoms with Crippen LogP contribution >= 0.6 is 0 Å². The number of rotatable bonds is 3. The van der Waals surface area contributed by atoms with Crippen LogP contribution in [-0.4, -0.2) is 18.2 Å². The molecule has 0 saturated heterocycles. The van der Waals surface area contributed by atoms with E-state index in [0.717, 1.165) is 24.3 Å². The minimum absolute atomic E-state index is 0.105. The van der Waals surface area contributed by atoms with Crippen LogP contribution in [0.4, 0.5) is 36.4 Å². The average molecular weight is 277 g/mol. The first-order chi connectivity index (χ1) is 7.97. The predicted molar refractivity (Wildman–Crippen MR) is 47.4 cm³/mol. The van der Waals surface area contributed by atoms with Crippen molar-refractivity contribution in [2.45, 2.75) is 18.2 Å². The molecule has 2 nitrogen and oxygen atoms in total. The lowest BCUT2D eigenvalue weighted by atomic mass is 10.3. The Kier molecular flexibility index (Phi) is 3.37. The maximum Gasteiger partial charge on any atom is 0.474 e. The van der Waals surface area contributed by atoms with E-state index in [2.05, 4.69) is 4.74 Å². The highest BCUT2D eigenvalue weighted by Crippen LogP contribution is 2.47. The maximum absolute atomic E-state index is 12.8. The van der Waals surface area contributed by atoms with Gasteiger partial charge < -0.3 is 10.5 Å². The van der Waals surface area contributed by atoms with Gasteiger partial charge in [0.2, 0.25) is 0 Å². The summed E-state index contributed by atoms with van der Waals surface area (Å²) in [4.78, 5) is 0. The van der Waals surface area contributed by atoms with E-state index in [1.165, 1.54) is 0 Å². The molecule has 0 atom stereocenters. The lowest BCUT2D eigenvalue weighted by molar-refractivity contribution is -0.402. The van der Waals surface area contributed by atoms with Gasteiger partial charge in [0.05, 0.1) is 0 Å². The number of nitrogens with two attached hydrogens (primary N) is 1. The van der Waals surface area contributed by atoms with Crippen LogP contribution in [0.3, 0.4) is 0 Å². The molecule has 0 radical (unpaired) electrons. The Bertz CT molecular complexity index is 412. The SMILES string of the molecule is Nc1ccc(OC(F)(F)C(F)(F)C(F)(F)F)cc1. The summed E-state index contributed by atoms with van der Waals surface area (Å²) in [5, 5.41) is 0. The maximum atomic E-state index is 12.8. The first kappa shape index (κ1) is 14.4. The quantitative estimate of drug-likeness (QED) is 0.678. The van der Waals surface area contributed by atoms with Crippen LogP contribution < -0.4 is 10.5 Å². The second-order valence-electron chi connectivity index (χ2n) is 3.26. The van der Waals surface area contributed by atoms with Crippen LogP contribution in [0.5, 0.6) is 5.75 Å². The fourth-order valence-electron chi connectivity index (χ4n) is 0.913. The van der Waals surface area contributed by atoms with E-state index in [9.17, 15) is 30.7 Å². The van der Waals surface area contributed by atoms with Crippen LogP contribution in [0, 0.1) is 0 Å². The summed E-state index contributed by atoms with van der Waals surface area (Å²) in [5.74, 6) is -7.17. The number of alkyl halides is 7. The molecule has 0 aliphatic carbocycles. The topological polar surface area (TPSA) is 35.2 Å². The van der Waals surface area contributed by atoms with E-state index >= 15 is 0 Å². The molecule has 0 spiro atoms. The van der Waals surface area contributed by atoms with E-state index in [4.69, 9.17) is 5.73 Å². The number of ether oxygens (including phenoxy) is 1. The molecular formula is C9H6F7NO. The fourth-order valence-corrected chi connectivity index (χ4v) is 0.913. The normalized spacial score (nSPS) is 13.5. The van der Waals surface area contributed by atoms with Gasteiger partial charge in [-0.05, 0) is 24.3 Å². The lowest BCUT2D eigenvalue weighted by Crippen LogP contribution is -2.55. The zero-order chi connectivity index (χ0) is 14.2. The molecule has 1 aromatic rings. The fraction of sp³-hybridized carbons (Fsp3) is 0.333. The lowest BCUT2D eigenvalue weighted by Gasteiger charge is -2.27. The van der Waals surface area contributed by atoms with Crippen LogP contribution in [0.1, 0.15) is 0 Å². The minimum Gasteiger partial charge on any atom is -0.428 e. The zero-order valence-electron chi connectivity index (χ0n) is 8.44. The van der Waals surface area contributed by atoms with Crippen molar-refractivity contribution in [3.63, 3.8) is 0 Å². The largest absolute Gasteiger partial charge is 0.474 e. The summed E-state index contributed by atoms with van der Waals surface area (Å²) >= 11 is 0. The molecular weight excluding hydrogens is 271 g/mol. The van der Waals surface area contributed by atoms with Gasteiger partial charge in [-0.1, -0.05) is 0 Å². The van der Waals surface area contributed by atoms with Gasteiger partial charge in [0.15, 0.2) is 0 Å². The minimum atomic E-state index is -6.43. The van der Waals surface area contributed by atoms with Crippen LogP contribution in [0.25, 0.3) is 0 Å². The summed E-state index contributed by atoms with van der Waals surface area (Å²) in [7, 11) is 0. The van der Waals surface area contributed by atoms with Gasteiger partial charge >= 0.3 is 18.2 Å². The second kappa shape index (κ2) is 4.21. The van der Waals surface area contributed by atoms with Gasteiger partial charge in [-0.3, -0.25) is 0 Å². The Hall–Kier alpha value is -1.67. The summed E-state index contributed by atoms with van der Waals surface area (Å²) < 4.78 is 89.1. The van der Waals surface area contributed by atoms with E-state index in [0.29, 0.717) is 0 Å². The molecule has 102 valence electrons. The Morgan fingerprint density at radius 2 is 1.28 bits per heavy atom. The molecule has 1 rings (SSSR count). The molecule has 0 aromatic heterocycles. The van der Waals surface area contributed by atoms with Gasteiger partial charge in [0.25, 0.3) is 0 Å². The Labute approximate surface area is 96.1 Å². The van der Waals surface area contributed by atoms with Gasteiger partial charge in [-0.25, -0.2) is 0 Å². The molecule has 0 aliphatic heterocycles. The van der Waals surface area contributed by atoms with Crippen molar-refractivity contribution < 1.29 is 35.5 Å². The number of benzene rings is 1. The number of anilines is 1. The van der Waals surface area contributed by atoms with Crippen LogP contribution in [0.2, 0.25) is 0 Å². The Balaban J connectivity index is 2.97. The van der Waals surface area contributed by atoms with Crippen molar-refractivity contribution in [2.24, 2.45) is 0 Å². The van der Waals surface area contributed by atoms with Crippen LogP contribution in [0.15, 0.2) is 24.3 Å². The van der Waals surface area contributed by atoms with Crippen molar-refractivity contribution >= 4 is 5.69 Å². The zero-order valence-corrected chi connectivity index (χ0v) is 8.44. The molecule has 0 bridgehead atoms. The monoisotopic (exact) mass is 277 g/mol. The number of hydrogen-bond acceptors (Lipinski definition) is 2. The highest BCUT2D eigenvalue weighted by atomic mass is 19.4. The van der Waals surface area contributed by atoms with Crippen LogP contribution in [-0.2, 0) is 0 Å². The highest BCUT2D eigenvalue weighted by Gasteiger charge is 2.75. The Morgan fingerprint density at radius 3 is 1.67 bits per heavy atom. The summed E-state index contributed by atoms with van der Waals surface area (Å²) in [6, 6.07) is 3.51. The van der Waals surface area contributed by atoms with Crippen molar-refractivity contribution in [1.82, 2.24) is 0 Å². The van der Waals surface area contributed by atoms with Gasteiger partial charge in [0.1, 0.15) is 5.75 Å². The van der Waals surface area contributed by atoms with Crippen molar-refractivity contribution in [3.8, 4) is 5.75 Å². The third-order valence-electron chi connectivity index (χ3n) is 1.85. The standard InChI is InChI=1S/C9H6F7NO/c10-7(11,8(12,13)14)9(15,16)18-6-3-1-5(17)2-4-6/h1-4H,17H2. The first-order valence-corrected chi connectivity index (χ1v) is 4.34. The first-order valence-electron chi connectivity index (χ1n) is 4.34. The van der Waals surface area contributed by atoms with E-state index in [1.54, 1.807) is 0 Å². The second-order valence-corrected chi connectivity index (χ2v) is 3.26. The molecule has 9 heteroatoms.